The van der Waals surface area contributed by atoms with E-state index in [-0.39, 0.29) is 11.9 Å². The van der Waals surface area contributed by atoms with Gasteiger partial charge >= 0.3 is 11.9 Å². The maximum atomic E-state index is 11.4. The Bertz CT molecular complexity index is 468. The normalized spacial score (nSPS) is 31.3. The van der Waals surface area contributed by atoms with E-state index in [9.17, 15) is 9.59 Å². The lowest BCUT2D eigenvalue weighted by molar-refractivity contribution is -0.159. The third-order valence-corrected chi connectivity index (χ3v) is 3.61. The zero-order valence-corrected chi connectivity index (χ0v) is 11.3. The van der Waals surface area contributed by atoms with Crippen LogP contribution in [0.3, 0.4) is 0 Å². The van der Waals surface area contributed by atoms with Gasteiger partial charge in [0, 0.05) is 25.2 Å². The zero-order chi connectivity index (χ0) is 13.9. The summed E-state index contributed by atoms with van der Waals surface area (Å²) in [7, 11) is 0. The van der Waals surface area contributed by atoms with Crippen LogP contribution in [0.5, 0.6) is 0 Å². The molecule has 1 fully saturated rings. The van der Waals surface area contributed by atoms with Crippen molar-refractivity contribution in [1.29, 1.82) is 0 Å². The fourth-order valence-electron chi connectivity index (χ4n) is 2.84. The second-order valence-electron chi connectivity index (χ2n) is 4.99. The quantitative estimate of drug-likeness (QED) is 0.330. The third-order valence-electron chi connectivity index (χ3n) is 3.61. The molecular formula is C15H18O4. The predicted octanol–water partition coefficient (Wildman–Crippen LogP) is 1.84. The summed E-state index contributed by atoms with van der Waals surface area (Å²) in [6.07, 6.45) is 6.90. The molecule has 4 nitrogen and oxygen atoms in total. The predicted molar refractivity (Wildman–Crippen MR) is 68.9 cm³/mol. The van der Waals surface area contributed by atoms with E-state index in [4.69, 9.17) is 9.47 Å². The molecule has 1 saturated carbocycles. The third kappa shape index (κ3) is 2.98. The molecule has 2 bridgehead atoms. The van der Waals surface area contributed by atoms with Gasteiger partial charge in [-0.25, -0.2) is 4.79 Å². The standard InChI is InChI=1S/C15H18O4/c1-3-18-14(17)8-9-15(19-11(2)16)10-12-4-6-13(15)7-5-12/h4,6,12-13H,3,5,7,10H2,1-2H3. The van der Waals surface area contributed by atoms with E-state index in [1.807, 2.05) is 0 Å². The van der Waals surface area contributed by atoms with Gasteiger partial charge in [-0.1, -0.05) is 12.2 Å². The summed E-state index contributed by atoms with van der Waals surface area (Å²) in [5.41, 5.74) is -0.851. The molecule has 0 aromatic heterocycles. The van der Waals surface area contributed by atoms with Gasteiger partial charge < -0.3 is 9.47 Å². The Morgan fingerprint density at radius 3 is 2.63 bits per heavy atom. The van der Waals surface area contributed by atoms with Gasteiger partial charge in [-0.05, 0) is 31.6 Å². The fourth-order valence-corrected chi connectivity index (χ4v) is 2.84. The van der Waals surface area contributed by atoms with E-state index < -0.39 is 11.6 Å². The fraction of sp³-hybridized carbons (Fsp3) is 0.600. The Kier molecular flexibility index (Phi) is 3.94. The van der Waals surface area contributed by atoms with Crippen LogP contribution in [0.25, 0.3) is 0 Å². The van der Waals surface area contributed by atoms with Crippen LogP contribution >= 0.6 is 0 Å². The highest BCUT2D eigenvalue weighted by atomic mass is 16.6. The monoisotopic (exact) mass is 262 g/mol. The lowest BCUT2D eigenvalue weighted by Crippen LogP contribution is -2.47. The first-order valence-electron chi connectivity index (χ1n) is 6.63. The highest BCUT2D eigenvalue weighted by Crippen LogP contribution is 2.45. The van der Waals surface area contributed by atoms with Gasteiger partial charge in [0.2, 0.25) is 0 Å². The molecule has 0 radical (unpaired) electrons. The van der Waals surface area contributed by atoms with Gasteiger partial charge in [0.15, 0.2) is 5.60 Å². The summed E-state index contributed by atoms with van der Waals surface area (Å²) in [6.45, 7) is 3.40. The average Bonchev–Trinajstić information content (AvgIpc) is 2.37. The van der Waals surface area contributed by atoms with Gasteiger partial charge in [0.1, 0.15) is 0 Å². The Hall–Kier alpha value is -1.76. The smallest absolute Gasteiger partial charge is 0.384 e. The van der Waals surface area contributed by atoms with Crippen molar-refractivity contribution in [3.8, 4) is 11.8 Å². The highest BCUT2D eigenvalue weighted by Gasteiger charge is 2.46. The van der Waals surface area contributed by atoms with Gasteiger partial charge in [0.25, 0.3) is 0 Å². The minimum atomic E-state index is -0.851. The molecule has 0 heterocycles. The number of esters is 2. The summed E-state index contributed by atoms with van der Waals surface area (Å²) in [5, 5.41) is 0. The molecule has 0 aromatic rings. The molecule has 0 N–H and O–H groups in total. The molecule has 3 atom stereocenters. The summed E-state index contributed by atoms with van der Waals surface area (Å²) in [6, 6.07) is 0. The molecule has 3 rings (SSSR count). The highest BCUT2D eigenvalue weighted by molar-refractivity contribution is 5.88. The Morgan fingerprint density at radius 1 is 1.37 bits per heavy atom. The minimum Gasteiger partial charge on any atom is -0.456 e. The first kappa shape index (κ1) is 13.7. The van der Waals surface area contributed by atoms with Crippen molar-refractivity contribution in [1.82, 2.24) is 0 Å². The molecule has 102 valence electrons. The number of hydrogen-bond donors (Lipinski definition) is 0. The number of carbonyl (C=O) groups is 2. The maximum absolute atomic E-state index is 11.4. The molecule has 19 heavy (non-hydrogen) atoms. The molecule has 0 amide bonds. The molecule has 3 aliphatic carbocycles. The molecular weight excluding hydrogens is 244 g/mol. The molecule has 0 aliphatic heterocycles. The minimum absolute atomic E-state index is 0.0725. The van der Waals surface area contributed by atoms with Crippen LogP contribution in [0.15, 0.2) is 12.2 Å². The van der Waals surface area contributed by atoms with E-state index in [2.05, 4.69) is 24.0 Å². The van der Waals surface area contributed by atoms with E-state index in [1.165, 1.54) is 6.92 Å². The number of rotatable bonds is 2. The molecule has 3 aliphatic rings. The van der Waals surface area contributed by atoms with Crippen LogP contribution in [-0.4, -0.2) is 24.1 Å². The number of carbonyl (C=O) groups excluding carboxylic acids is 2. The zero-order valence-electron chi connectivity index (χ0n) is 11.3. The lowest BCUT2D eigenvalue weighted by Gasteiger charge is -2.44. The summed E-state index contributed by atoms with van der Waals surface area (Å²) in [5.74, 6) is 4.84. The first-order valence-corrected chi connectivity index (χ1v) is 6.63. The van der Waals surface area contributed by atoms with Crippen molar-refractivity contribution >= 4 is 11.9 Å². The second-order valence-corrected chi connectivity index (χ2v) is 4.99. The second kappa shape index (κ2) is 5.48. The molecule has 3 unspecified atom stereocenters. The van der Waals surface area contributed by atoms with Crippen molar-refractivity contribution in [2.45, 2.75) is 38.7 Å². The van der Waals surface area contributed by atoms with E-state index in [0.29, 0.717) is 18.9 Å². The Labute approximate surface area is 113 Å². The average molecular weight is 262 g/mol. The number of fused-ring (bicyclic) bond motifs is 2. The van der Waals surface area contributed by atoms with Gasteiger partial charge in [-0.2, -0.15) is 0 Å². The van der Waals surface area contributed by atoms with Crippen LogP contribution in [0.2, 0.25) is 0 Å². The van der Waals surface area contributed by atoms with E-state index in [1.54, 1.807) is 6.92 Å². The van der Waals surface area contributed by atoms with Gasteiger partial charge in [-0.3, -0.25) is 4.79 Å². The van der Waals surface area contributed by atoms with Crippen molar-refractivity contribution in [2.24, 2.45) is 11.8 Å². The molecule has 0 aromatic carbocycles. The Morgan fingerprint density at radius 2 is 2.16 bits per heavy atom. The van der Waals surface area contributed by atoms with Crippen LogP contribution in [0.4, 0.5) is 0 Å². The van der Waals surface area contributed by atoms with Crippen LogP contribution in [0, 0.1) is 23.7 Å². The summed E-state index contributed by atoms with van der Waals surface area (Å²) >= 11 is 0. The number of allylic oxidation sites excluding steroid dienone is 1. The van der Waals surface area contributed by atoms with Crippen molar-refractivity contribution in [2.75, 3.05) is 6.61 Å². The maximum Gasteiger partial charge on any atom is 0.384 e. The molecule has 0 saturated heterocycles. The Balaban J connectivity index is 2.24. The van der Waals surface area contributed by atoms with Crippen LogP contribution in [-0.2, 0) is 19.1 Å². The van der Waals surface area contributed by atoms with Crippen LogP contribution < -0.4 is 0 Å². The largest absolute Gasteiger partial charge is 0.456 e. The number of ether oxygens (including phenoxy) is 2. The lowest BCUT2D eigenvalue weighted by atomic mass is 9.66. The molecule has 4 heteroatoms. The summed E-state index contributed by atoms with van der Waals surface area (Å²) < 4.78 is 10.3. The van der Waals surface area contributed by atoms with Crippen molar-refractivity contribution in [3.05, 3.63) is 12.2 Å². The van der Waals surface area contributed by atoms with Crippen LogP contribution in [0.1, 0.15) is 33.1 Å². The first-order chi connectivity index (χ1) is 9.05. The van der Waals surface area contributed by atoms with Crippen molar-refractivity contribution in [3.63, 3.8) is 0 Å². The van der Waals surface area contributed by atoms with E-state index in [0.717, 1.165) is 12.8 Å². The van der Waals surface area contributed by atoms with Gasteiger partial charge in [-0.15, -0.1) is 0 Å². The van der Waals surface area contributed by atoms with Gasteiger partial charge in [0.05, 0.1) is 6.61 Å². The SMILES string of the molecule is CCOC(=O)C#CC1(OC(C)=O)CC2C=CC1CC2. The van der Waals surface area contributed by atoms with Crippen molar-refractivity contribution < 1.29 is 19.1 Å². The summed E-state index contributed by atoms with van der Waals surface area (Å²) in [4.78, 5) is 22.7. The topological polar surface area (TPSA) is 52.6 Å². The van der Waals surface area contributed by atoms with E-state index >= 15 is 0 Å². The molecule has 0 spiro atoms. The number of hydrogen-bond acceptors (Lipinski definition) is 4.